The number of halogens is 3. The van der Waals surface area contributed by atoms with Gasteiger partial charge in [-0.15, -0.1) is 0 Å². The SMILES string of the molecule is CC(=O)c1c(C)[nH]c(C(=O)OC(C)C(=O)Nc2cc(Cl)c(Cl)cc2Cl)c1C. The second-order valence-electron chi connectivity index (χ2n) is 5.96. The highest BCUT2D eigenvalue weighted by molar-refractivity contribution is 6.44. The van der Waals surface area contributed by atoms with E-state index in [1.807, 2.05) is 0 Å². The van der Waals surface area contributed by atoms with Gasteiger partial charge in [0.1, 0.15) is 5.69 Å². The fourth-order valence-electron chi connectivity index (χ4n) is 2.61. The molecule has 1 aromatic carbocycles. The van der Waals surface area contributed by atoms with Crippen molar-refractivity contribution in [3.8, 4) is 0 Å². The minimum atomic E-state index is -1.12. The lowest BCUT2D eigenvalue weighted by molar-refractivity contribution is -0.123. The largest absolute Gasteiger partial charge is 0.448 e. The lowest BCUT2D eigenvalue weighted by Gasteiger charge is -2.14. The highest BCUT2D eigenvalue weighted by Crippen LogP contribution is 2.32. The number of aromatic nitrogens is 1. The third kappa shape index (κ3) is 4.64. The van der Waals surface area contributed by atoms with E-state index in [2.05, 4.69) is 10.3 Å². The molecule has 1 amide bonds. The van der Waals surface area contributed by atoms with E-state index in [0.717, 1.165) is 0 Å². The first-order chi connectivity index (χ1) is 12.5. The first kappa shape index (κ1) is 21.3. The normalized spacial score (nSPS) is 11.8. The van der Waals surface area contributed by atoms with Crippen molar-refractivity contribution >= 4 is 58.1 Å². The van der Waals surface area contributed by atoms with Crippen molar-refractivity contribution in [2.24, 2.45) is 0 Å². The fourth-order valence-corrected chi connectivity index (χ4v) is 3.20. The number of aromatic amines is 1. The second kappa shape index (κ2) is 8.33. The summed E-state index contributed by atoms with van der Waals surface area (Å²) in [5.74, 6) is -1.51. The summed E-state index contributed by atoms with van der Waals surface area (Å²) in [4.78, 5) is 39.2. The van der Waals surface area contributed by atoms with Crippen molar-refractivity contribution < 1.29 is 19.1 Å². The van der Waals surface area contributed by atoms with Crippen LogP contribution in [0.15, 0.2) is 12.1 Å². The average molecular weight is 432 g/mol. The number of aryl methyl sites for hydroxylation is 1. The number of amides is 1. The first-order valence-corrected chi connectivity index (χ1v) is 9.02. The zero-order valence-corrected chi connectivity index (χ0v) is 17.3. The van der Waals surface area contributed by atoms with Gasteiger partial charge < -0.3 is 15.0 Å². The Kier molecular flexibility index (Phi) is 6.57. The monoisotopic (exact) mass is 430 g/mol. The summed E-state index contributed by atoms with van der Waals surface area (Å²) in [7, 11) is 0. The van der Waals surface area contributed by atoms with Crippen LogP contribution in [-0.4, -0.2) is 28.7 Å². The zero-order chi connectivity index (χ0) is 20.5. The molecule has 6 nitrogen and oxygen atoms in total. The number of benzene rings is 1. The van der Waals surface area contributed by atoms with E-state index in [4.69, 9.17) is 39.5 Å². The van der Waals surface area contributed by atoms with Crippen molar-refractivity contribution in [3.05, 3.63) is 49.7 Å². The Morgan fingerprint density at radius 2 is 1.67 bits per heavy atom. The van der Waals surface area contributed by atoms with E-state index in [-0.39, 0.29) is 32.2 Å². The Balaban J connectivity index is 2.13. The summed E-state index contributed by atoms with van der Waals surface area (Å²) < 4.78 is 5.20. The van der Waals surface area contributed by atoms with E-state index >= 15 is 0 Å². The molecule has 0 radical (unpaired) electrons. The molecular formula is C18H17Cl3N2O4. The van der Waals surface area contributed by atoms with Gasteiger partial charge in [-0.1, -0.05) is 34.8 Å². The van der Waals surface area contributed by atoms with Crippen LogP contribution in [0.5, 0.6) is 0 Å². The molecule has 0 saturated carbocycles. The molecule has 0 fully saturated rings. The summed E-state index contributed by atoms with van der Waals surface area (Å²) in [6.07, 6.45) is -1.12. The average Bonchev–Trinajstić information content (AvgIpc) is 2.87. The summed E-state index contributed by atoms with van der Waals surface area (Å²) in [5.41, 5.74) is 1.84. The van der Waals surface area contributed by atoms with E-state index < -0.39 is 18.0 Å². The van der Waals surface area contributed by atoms with Crippen molar-refractivity contribution in [3.63, 3.8) is 0 Å². The Labute approximate surface area is 171 Å². The lowest BCUT2D eigenvalue weighted by Crippen LogP contribution is -2.30. The van der Waals surface area contributed by atoms with Gasteiger partial charge in [0.05, 0.1) is 20.8 Å². The molecular weight excluding hydrogens is 415 g/mol. The number of carbonyl (C=O) groups excluding carboxylic acids is 3. The fraction of sp³-hybridized carbons (Fsp3) is 0.278. The van der Waals surface area contributed by atoms with Crippen LogP contribution in [0.25, 0.3) is 0 Å². The molecule has 0 spiro atoms. The lowest BCUT2D eigenvalue weighted by atomic mass is 10.1. The smallest absolute Gasteiger partial charge is 0.355 e. The third-order valence-corrected chi connectivity index (χ3v) is 4.95. The van der Waals surface area contributed by atoms with Gasteiger partial charge in [-0.3, -0.25) is 9.59 Å². The van der Waals surface area contributed by atoms with Gasteiger partial charge in [-0.05, 0) is 45.4 Å². The van der Waals surface area contributed by atoms with Gasteiger partial charge in [-0.25, -0.2) is 4.79 Å². The standard InChI is InChI=1S/C18H17Cl3N2O4/c1-7-15(9(3)24)8(2)22-16(7)18(26)27-10(4)17(25)23-14-6-12(20)11(19)5-13(14)21/h5-6,10,22H,1-4H3,(H,23,25). The molecule has 27 heavy (non-hydrogen) atoms. The van der Waals surface area contributed by atoms with E-state index in [0.29, 0.717) is 16.8 Å². The summed E-state index contributed by atoms with van der Waals surface area (Å²) in [5, 5.41) is 3.19. The van der Waals surface area contributed by atoms with Gasteiger partial charge >= 0.3 is 5.97 Å². The molecule has 1 heterocycles. The zero-order valence-electron chi connectivity index (χ0n) is 15.0. The number of esters is 1. The van der Waals surface area contributed by atoms with Crippen LogP contribution in [0.4, 0.5) is 5.69 Å². The Morgan fingerprint density at radius 1 is 1.07 bits per heavy atom. The summed E-state index contributed by atoms with van der Waals surface area (Å²) in [6, 6.07) is 2.79. The molecule has 9 heteroatoms. The number of carbonyl (C=O) groups is 3. The summed E-state index contributed by atoms with van der Waals surface area (Å²) in [6.45, 7) is 6.14. The minimum absolute atomic E-state index is 0.130. The van der Waals surface area contributed by atoms with Crippen LogP contribution in [0, 0.1) is 13.8 Å². The summed E-state index contributed by atoms with van der Waals surface area (Å²) >= 11 is 17.8. The maximum Gasteiger partial charge on any atom is 0.355 e. The number of nitrogens with one attached hydrogen (secondary N) is 2. The number of hydrogen-bond acceptors (Lipinski definition) is 4. The van der Waals surface area contributed by atoms with Gasteiger partial charge in [0.2, 0.25) is 0 Å². The molecule has 0 aliphatic rings. The first-order valence-electron chi connectivity index (χ1n) is 7.89. The van der Waals surface area contributed by atoms with Crippen molar-refractivity contribution in [1.29, 1.82) is 0 Å². The number of hydrogen-bond donors (Lipinski definition) is 2. The molecule has 1 atom stereocenters. The highest BCUT2D eigenvalue weighted by Gasteiger charge is 2.25. The van der Waals surface area contributed by atoms with Crippen LogP contribution in [0.1, 0.15) is 46.0 Å². The Hall–Kier alpha value is -2.02. The molecule has 2 rings (SSSR count). The predicted molar refractivity (Wildman–Crippen MR) is 105 cm³/mol. The highest BCUT2D eigenvalue weighted by atomic mass is 35.5. The number of rotatable bonds is 5. The van der Waals surface area contributed by atoms with Crippen LogP contribution in [0.2, 0.25) is 15.1 Å². The molecule has 2 N–H and O–H groups in total. The number of Topliss-reactive ketones (excluding diaryl/α,β-unsaturated/α-hetero) is 1. The van der Waals surface area contributed by atoms with Crippen LogP contribution >= 0.6 is 34.8 Å². The van der Waals surface area contributed by atoms with Gasteiger partial charge in [0, 0.05) is 11.3 Å². The number of ketones is 1. The van der Waals surface area contributed by atoms with E-state index in [1.165, 1.54) is 26.0 Å². The van der Waals surface area contributed by atoms with Gasteiger partial charge in [0.25, 0.3) is 5.91 Å². The molecule has 0 aliphatic carbocycles. The van der Waals surface area contributed by atoms with Crippen molar-refractivity contribution in [2.75, 3.05) is 5.32 Å². The van der Waals surface area contributed by atoms with E-state index in [9.17, 15) is 14.4 Å². The predicted octanol–water partition coefficient (Wildman–Crippen LogP) is 4.98. The van der Waals surface area contributed by atoms with E-state index in [1.54, 1.807) is 13.8 Å². The maximum atomic E-state index is 12.4. The second-order valence-corrected chi connectivity index (χ2v) is 7.19. The molecule has 0 aliphatic heterocycles. The molecule has 0 saturated heterocycles. The Morgan fingerprint density at radius 3 is 2.22 bits per heavy atom. The van der Waals surface area contributed by atoms with Gasteiger partial charge in [-0.2, -0.15) is 0 Å². The van der Waals surface area contributed by atoms with Crippen LogP contribution in [0.3, 0.4) is 0 Å². The molecule has 1 aromatic heterocycles. The molecule has 144 valence electrons. The minimum Gasteiger partial charge on any atom is -0.448 e. The van der Waals surface area contributed by atoms with Crippen LogP contribution in [-0.2, 0) is 9.53 Å². The quantitative estimate of drug-likeness (QED) is 0.397. The number of H-pyrrole nitrogens is 1. The third-order valence-electron chi connectivity index (χ3n) is 3.91. The number of anilines is 1. The maximum absolute atomic E-state index is 12.4. The number of ether oxygens (including phenoxy) is 1. The van der Waals surface area contributed by atoms with Gasteiger partial charge in [0.15, 0.2) is 11.9 Å². The Bertz CT molecular complexity index is 937. The topological polar surface area (TPSA) is 88.3 Å². The van der Waals surface area contributed by atoms with Crippen LogP contribution < -0.4 is 5.32 Å². The molecule has 1 unspecified atom stereocenters. The molecule has 0 bridgehead atoms. The van der Waals surface area contributed by atoms with Crippen molar-refractivity contribution in [1.82, 2.24) is 4.98 Å². The molecule has 2 aromatic rings. The van der Waals surface area contributed by atoms with Crippen molar-refractivity contribution in [2.45, 2.75) is 33.8 Å².